The third kappa shape index (κ3) is 2.08. The van der Waals surface area contributed by atoms with E-state index < -0.39 is 0 Å². The number of nitrogens with zero attached hydrogens (tertiary/aromatic N) is 3. The predicted molar refractivity (Wildman–Crippen MR) is 89.4 cm³/mol. The van der Waals surface area contributed by atoms with Crippen LogP contribution in [0.3, 0.4) is 0 Å². The molecule has 0 aliphatic heterocycles. The third-order valence-electron chi connectivity index (χ3n) is 4.56. The van der Waals surface area contributed by atoms with Crippen LogP contribution >= 0.6 is 15.9 Å². The lowest BCUT2D eigenvalue weighted by molar-refractivity contribution is 0.428. The molecular weight excluding hydrogens is 344 g/mol. The lowest BCUT2D eigenvalue weighted by Crippen LogP contribution is -2.12. The molecule has 0 unspecified atom stereocenters. The first-order valence-corrected chi connectivity index (χ1v) is 8.52. The molecule has 0 saturated heterocycles. The number of imidazole rings is 1. The van der Waals surface area contributed by atoms with Gasteiger partial charge in [-0.05, 0) is 41.8 Å². The first-order chi connectivity index (χ1) is 10.6. The van der Waals surface area contributed by atoms with Gasteiger partial charge >= 0.3 is 0 Å². The van der Waals surface area contributed by atoms with Gasteiger partial charge in [0.05, 0.1) is 5.69 Å². The lowest BCUT2D eigenvalue weighted by Gasteiger charge is -2.21. The quantitative estimate of drug-likeness (QED) is 0.719. The standard InChI is InChI=1S/C16H17BrN4O/c1-9-13-14(17)19-11-7-8-12(22)20-16(11)21(13)15(18-9)10-5-3-2-4-6-10/h7-8,10H,2-6H2,1H3,(H,20,22). The van der Waals surface area contributed by atoms with Crippen LogP contribution in [0.25, 0.3) is 16.7 Å². The number of aromatic amines is 1. The molecular formula is C16H17BrN4O. The number of aryl methyl sites for hydroxylation is 1. The van der Waals surface area contributed by atoms with Crippen molar-refractivity contribution in [1.29, 1.82) is 0 Å². The third-order valence-corrected chi connectivity index (χ3v) is 5.12. The molecule has 3 heterocycles. The smallest absolute Gasteiger partial charge is 0.249 e. The van der Waals surface area contributed by atoms with Crippen LogP contribution in [0.15, 0.2) is 21.5 Å². The Balaban J connectivity index is 2.10. The van der Waals surface area contributed by atoms with Crippen molar-refractivity contribution in [3.8, 4) is 0 Å². The van der Waals surface area contributed by atoms with Gasteiger partial charge < -0.3 is 4.98 Å². The van der Waals surface area contributed by atoms with Crippen molar-refractivity contribution in [2.24, 2.45) is 0 Å². The molecule has 0 radical (unpaired) electrons. The SMILES string of the molecule is Cc1nc(C2CCCCC2)n2c1c(Br)nc1ccc(=O)[nH]c12. The van der Waals surface area contributed by atoms with E-state index in [0.29, 0.717) is 5.92 Å². The van der Waals surface area contributed by atoms with Crippen LogP contribution < -0.4 is 5.56 Å². The molecule has 5 nitrogen and oxygen atoms in total. The first kappa shape index (κ1) is 13.9. The zero-order chi connectivity index (χ0) is 15.3. The number of aromatic nitrogens is 4. The van der Waals surface area contributed by atoms with Gasteiger partial charge in [-0.3, -0.25) is 9.20 Å². The van der Waals surface area contributed by atoms with Gasteiger partial charge in [-0.15, -0.1) is 0 Å². The minimum atomic E-state index is -0.112. The van der Waals surface area contributed by atoms with Gasteiger partial charge in [0.25, 0.3) is 0 Å². The highest BCUT2D eigenvalue weighted by Crippen LogP contribution is 2.35. The fourth-order valence-electron chi connectivity index (χ4n) is 3.53. The van der Waals surface area contributed by atoms with Gasteiger partial charge in [0.2, 0.25) is 5.56 Å². The summed E-state index contributed by atoms with van der Waals surface area (Å²) in [5, 5.41) is 0. The summed E-state index contributed by atoms with van der Waals surface area (Å²) in [7, 11) is 0. The number of pyridine rings is 1. The van der Waals surface area contributed by atoms with Crippen molar-refractivity contribution in [2.75, 3.05) is 0 Å². The second kappa shape index (κ2) is 5.19. The Bertz CT molecular complexity index is 921. The highest BCUT2D eigenvalue weighted by atomic mass is 79.9. The molecule has 1 fully saturated rings. The molecule has 0 spiro atoms. The summed E-state index contributed by atoms with van der Waals surface area (Å²) >= 11 is 3.56. The van der Waals surface area contributed by atoms with Crippen LogP contribution in [-0.2, 0) is 0 Å². The highest BCUT2D eigenvalue weighted by Gasteiger charge is 2.24. The van der Waals surface area contributed by atoms with Crippen molar-refractivity contribution in [2.45, 2.75) is 44.9 Å². The summed E-state index contributed by atoms with van der Waals surface area (Å²) in [4.78, 5) is 24.1. The Labute approximate surface area is 135 Å². The number of hydrogen-bond acceptors (Lipinski definition) is 3. The number of nitrogens with one attached hydrogen (secondary N) is 1. The number of H-pyrrole nitrogens is 1. The van der Waals surface area contributed by atoms with E-state index in [-0.39, 0.29) is 5.56 Å². The Morgan fingerprint density at radius 1 is 1.23 bits per heavy atom. The van der Waals surface area contributed by atoms with E-state index in [2.05, 4.69) is 30.3 Å². The maximum absolute atomic E-state index is 11.8. The van der Waals surface area contributed by atoms with Crippen molar-refractivity contribution in [1.82, 2.24) is 19.4 Å². The molecule has 0 bridgehead atoms. The monoisotopic (exact) mass is 360 g/mol. The van der Waals surface area contributed by atoms with Crippen LogP contribution in [0, 0.1) is 6.92 Å². The van der Waals surface area contributed by atoms with Gasteiger partial charge in [0.1, 0.15) is 27.1 Å². The molecule has 0 amide bonds. The molecule has 1 aliphatic carbocycles. The molecule has 1 N–H and O–H groups in total. The number of halogens is 1. The summed E-state index contributed by atoms with van der Waals surface area (Å²) in [6.07, 6.45) is 6.13. The molecule has 0 aromatic carbocycles. The maximum atomic E-state index is 11.8. The average Bonchev–Trinajstić information content (AvgIpc) is 2.88. The largest absolute Gasteiger partial charge is 0.306 e. The van der Waals surface area contributed by atoms with E-state index in [9.17, 15) is 4.79 Å². The van der Waals surface area contributed by atoms with Gasteiger partial charge in [-0.25, -0.2) is 9.97 Å². The van der Waals surface area contributed by atoms with E-state index in [1.165, 1.54) is 25.3 Å². The predicted octanol–water partition coefficient (Wildman–Crippen LogP) is 3.69. The Kier molecular flexibility index (Phi) is 3.29. The second-order valence-corrected chi connectivity index (χ2v) is 6.78. The molecule has 1 aliphatic rings. The fourth-order valence-corrected chi connectivity index (χ4v) is 4.18. The van der Waals surface area contributed by atoms with Crippen molar-refractivity contribution in [3.05, 3.63) is 38.6 Å². The molecule has 1 saturated carbocycles. The average molecular weight is 361 g/mol. The van der Waals surface area contributed by atoms with E-state index in [1.54, 1.807) is 6.07 Å². The Morgan fingerprint density at radius 3 is 2.77 bits per heavy atom. The molecule has 3 aromatic rings. The summed E-state index contributed by atoms with van der Waals surface area (Å²) in [6, 6.07) is 3.27. The molecule has 0 atom stereocenters. The summed E-state index contributed by atoms with van der Waals surface area (Å²) in [6.45, 7) is 2.00. The van der Waals surface area contributed by atoms with Gasteiger partial charge in [0.15, 0.2) is 0 Å². The van der Waals surface area contributed by atoms with E-state index in [4.69, 9.17) is 4.98 Å². The summed E-state index contributed by atoms with van der Waals surface area (Å²) in [5.74, 6) is 1.51. The lowest BCUT2D eigenvalue weighted by atomic mass is 9.89. The van der Waals surface area contributed by atoms with E-state index >= 15 is 0 Å². The molecule has 3 aromatic heterocycles. The molecule has 4 rings (SSSR count). The van der Waals surface area contributed by atoms with Crippen molar-refractivity contribution in [3.63, 3.8) is 0 Å². The molecule has 6 heteroatoms. The maximum Gasteiger partial charge on any atom is 0.249 e. The zero-order valence-corrected chi connectivity index (χ0v) is 14.0. The van der Waals surface area contributed by atoms with Gasteiger partial charge in [-0.1, -0.05) is 19.3 Å². The molecule has 22 heavy (non-hydrogen) atoms. The van der Waals surface area contributed by atoms with E-state index in [1.807, 2.05) is 6.92 Å². The normalized spacial score (nSPS) is 16.6. The minimum Gasteiger partial charge on any atom is -0.306 e. The van der Waals surface area contributed by atoms with Crippen LogP contribution in [0.1, 0.15) is 49.5 Å². The zero-order valence-electron chi connectivity index (χ0n) is 12.4. The van der Waals surface area contributed by atoms with Crippen molar-refractivity contribution >= 4 is 32.6 Å². The first-order valence-electron chi connectivity index (χ1n) is 7.72. The van der Waals surface area contributed by atoms with Crippen molar-refractivity contribution < 1.29 is 0 Å². The van der Waals surface area contributed by atoms with Crippen LogP contribution in [0.4, 0.5) is 0 Å². The highest BCUT2D eigenvalue weighted by molar-refractivity contribution is 9.10. The Morgan fingerprint density at radius 2 is 2.00 bits per heavy atom. The number of hydrogen-bond donors (Lipinski definition) is 1. The number of fused-ring (bicyclic) bond motifs is 3. The van der Waals surface area contributed by atoms with Gasteiger partial charge in [-0.2, -0.15) is 0 Å². The fraction of sp³-hybridized carbons (Fsp3) is 0.438. The second-order valence-electron chi connectivity index (χ2n) is 6.03. The summed E-state index contributed by atoms with van der Waals surface area (Å²) < 4.78 is 2.87. The van der Waals surface area contributed by atoms with E-state index in [0.717, 1.165) is 45.6 Å². The van der Waals surface area contributed by atoms with Crippen LogP contribution in [-0.4, -0.2) is 19.4 Å². The van der Waals surface area contributed by atoms with Crippen LogP contribution in [0.5, 0.6) is 0 Å². The minimum absolute atomic E-state index is 0.112. The number of rotatable bonds is 1. The Hall–Kier alpha value is -1.69. The van der Waals surface area contributed by atoms with Crippen LogP contribution in [0.2, 0.25) is 0 Å². The summed E-state index contributed by atoms with van der Waals surface area (Å²) in [5.41, 5.74) is 3.31. The molecule has 114 valence electrons. The topological polar surface area (TPSA) is 63.1 Å². The van der Waals surface area contributed by atoms with Gasteiger partial charge in [0, 0.05) is 12.0 Å².